The van der Waals surface area contributed by atoms with Gasteiger partial charge in [0.25, 0.3) is 0 Å². The van der Waals surface area contributed by atoms with Crippen molar-refractivity contribution in [2.24, 2.45) is 0 Å². The SMILES string of the molecule is [C-]#[N+]c1ccc(COc2cccc(-c3ccc(Cc4nc5ccc(C(=O)O)cc5n4CCF)cc3F)n2)c(F)c1. The van der Waals surface area contributed by atoms with Gasteiger partial charge in [-0.25, -0.2) is 32.8 Å². The number of hydrogen-bond donors (Lipinski definition) is 1. The summed E-state index contributed by atoms with van der Waals surface area (Å²) in [4.78, 5) is 23.4. The molecule has 0 aliphatic rings. The van der Waals surface area contributed by atoms with Crippen LogP contribution in [0, 0.1) is 18.2 Å². The summed E-state index contributed by atoms with van der Waals surface area (Å²) in [7, 11) is 0. The molecular formula is C30H21F3N4O3. The lowest BCUT2D eigenvalue weighted by Crippen LogP contribution is -2.07. The standard InChI is InChI=1S/C30H21F3N4O3/c1-34-21-8-6-20(23(32)16-21)17-40-29-4-2-3-25(36-29)22-9-5-18(13-24(22)33)14-28-35-26-10-7-19(30(38)39)15-27(26)37(28)12-11-31/h2-10,13,15-16H,11-12,14,17H2,(H,38,39). The molecule has 10 heteroatoms. The fraction of sp³-hybridized carbons (Fsp3) is 0.133. The van der Waals surface area contributed by atoms with Crippen LogP contribution in [-0.4, -0.2) is 32.3 Å². The third-order valence-electron chi connectivity index (χ3n) is 6.32. The zero-order valence-electron chi connectivity index (χ0n) is 20.9. The average Bonchev–Trinajstić information content (AvgIpc) is 3.28. The first-order valence-electron chi connectivity index (χ1n) is 12.2. The number of aromatic nitrogens is 3. The normalized spacial score (nSPS) is 10.9. The zero-order chi connectivity index (χ0) is 28.2. The predicted molar refractivity (Wildman–Crippen MR) is 142 cm³/mol. The Morgan fingerprint density at radius 2 is 1.85 bits per heavy atom. The van der Waals surface area contributed by atoms with Crippen molar-refractivity contribution in [1.29, 1.82) is 0 Å². The van der Waals surface area contributed by atoms with Crippen molar-refractivity contribution in [2.75, 3.05) is 6.67 Å². The number of alkyl halides is 1. The van der Waals surface area contributed by atoms with E-state index in [-0.39, 0.29) is 47.8 Å². The molecule has 0 atom stereocenters. The number of imidazole rings is 1. The van der Waals surface area contributed by atoms with Gasteiger partial charge < -0.3 is 14.4 Å². The highest BCUT2D eigenvalue weighted by Crippen LogP contribution is 2.27. The molecule has 0 aliphatic carbocycles. The number of rotatable bonds is 9. The summed E-state index contributed by atoms with van der Waals surface area (Å²) in [6.45, 7) is 6.16. The molecule has 0 spiro atoms. The molecule has 2 heterocycles. The van der Waals surface area contributed by atoms with Crippen LogP contribution in [0.25, 0.3) is 27.1 Å². The Kier molecular flexibility index (Phi) is 7.46. The van der Waals surface area contributed by atoms with Gasteiger partial charge in [-0.1, -0.05) is 24.3 Å². The van der Waals surface area contributed by atoms with Gasteiger partial charge in [0.15, 0.2) is 5.69 Å². The minimum Gasteiger partial charge on any atom is -0.478 e. The molecule has 2 aromatic heterocycles. The Balaban J connectivity index is 1.36. The molecule has 0 bridgehead atoms. The van der Waals surface area contributed by atoms with Crippen LogP contribution in [0.1, 0.15) is 27.3 Å². The Hall–Kier alpha value is -5.17. The maximum absolute atomic E-state index is 15.2. The van der Waals surface area contributed by atoms with Crippen molar-refractivity contribution in [3.8, 4) is 17.1 Å². The minimum absolute atomic E-state index is 0.0141. The molecule has 5 aromatic rings. The zero-order valence-corrected chi connectivity index (χ0v) is 20.9. The van der Waals surface area contributed by atoms with Crippen molar-refractivity contribution in [2.45, 2.75) is 19.6 Å². The van der Waals surface area contributed by atoms with E-state index in [0.29, 0.717) is 28.1 Å². The van der Waals surface area contributed by atoms with E-state index in [9.17, 15) is 18.7 Å². The first-order valence-corrected chi connectivity index (χ1v) is 12.2. The molecule has 0 aliphatic heterocycles. The van der Waals surface area contributed by atoms with E-state index in [0.717, 1.165) is 6.07 Å². The first-order chi connectivity index (χ1) is 19.4. The summed E-state index contributed by atoms with van der Waals surface area (Å²) in [5.74, 6) is -1.54. The van der Waals surface area contributed by atoms with Crippen molar-refractivity contribution in [1.82, 2.24) is 14.5 Å². The van der Waals surface area contributed by atoms with Crippen molar-refractivity contribution in [3.63, 3.8) is 0 Å². The molecule has 0 saturated heterocycles. The Bertz CT molecular complexity index is 1780. The number of aromatic carboxylic acids is 1. The number of aryl methyl sites for hydroxylation is 1. The lowest BCUT2D eigenvalue weighted by molar-refractivity contribution is 0.0697. The van der Waals surface area contributed by atoms with E-state index in [1.165, 1.54) is 30.3 Å². The van der Waals surface area contributed by atoms with Gasteiger partial charge in [0.1, 0.15) is 30.7 Å². The molecule has 0 amide bonds. The highest BCUT2D eigenvalue weighted by Gasteiger charge is 2.16. The highest BCUT2D eigenvalue weighted by molar-refractivity contribution is 5.92. The summed E-state index contributed by atoms with van der Waals surface area (Å²) in [5.41, 5.74) is 2.65. The van der Waals surface area contributed by atoms with Gasteiger partial charge in [0.2, 0.25) is 5.88 Å². The van der Waals surface area contributed by atoms with E-state index in [4.69, 9.17) is 11.3 Å². The van der Waals surface area contributed by atoms with Crippen LogP contribution in [0.4, 0.5) is 18.9 Å². The molecule has 0 unspecified atom stereocenters. The second-order valence-corrected chi connectivity index (χ2v) is 8.91. The molecule has 1 N–H and O–H groups in total. The molecule has 5 rings (SSSR count). The van der Waals surface area contributed by atoms with Gasteiger partial charge in [-0.2, -0.15) is 0 Å². The number of carbonyl (C=O) groups is 1. The Morgan fingerprint density at radius 3 is 2.58 bits per heavy atom. The van der Waals surface area contributed by atoms with E-state index in [1.807, 2.05) is 0 Å². The van der Waals surface area contributed by atoms with E-state index < -0.39 is 24.3 Å². The maximum atomic E-state index is 15.2. The third-order valence-corrected chi connectivity index (χ3v) is 6.32. The number of nitrogens with zero attached hydrogens (tertiary/aromatic N) is 4. The fourth-order valence-electron chi connectivity index (χ4n) is 4.35. The number of pyridine rings is 1. The van der Waals surface area contributed by atoms with Crippen LogP contribution in [0.3, 0.4) is 0 Å². The van der Waals surface area contributed by atoms with Crippen molar-refractivity contribution >= 4 is 22.7 Å². The van der Waals surface area contributed by atoms with Gasteiger partial charge in [-0.05, 0) is 48.0 Å². The Morgan fingerprint density at radius 1 is 1.00 bits per heavy atom. The van der Waals surface area contributed by atoms with E-state index in [1.54, 1.807) is 41.0 Å². The molecule has 0 radical (unpaired) electrons. The molecule has 7 nitrogen and oxygen atoms in total. The Labute approximate surface area is 227 Å². The monoisotopic (exact) mass is 542 g/mol. The van der Waals surface area contributed by atoms with Crippen molar-refractivity contribution < 1.29 is 27.8 Å². The summed E-state index contributed by atoms with van der Waals surface area (Å²) in [6, 6.07) is 18.0. The molecule has 40 heavy (non-hydrogen) atoms. The van der Waals surface area contributed by atoms with Crippen LogP contribution in [0.15, 0.2) is 72.8 Å². The molecule has 200 valence electrons. The average molecular weight is 543 g/mol. The summed E-state index contributed by atoms with van der Waals surface area (Å²) in [6.07, 6.45) is 0.197. The molecular weight excluding hydrogens is 521 g/mol. The molecule has 0 saturated carbocycles. The topological polar surface area (TPSA) is 81.6 Å². The number of hydrogen-bond acceptors (Lipinski definition) is 4. The molecule has 3 aromatic carbocycles. The van der Waals surface area contributed by atoms with E-state index in [2.05, 4.69) is 14.8 Å². The lowest BCUT2D eigenvalue weighted by atomic mass is 10.1. The quantitative estimate of drug-likeness (QED) is 0.208. The highest BCUT2D eigenvalue weighted by atomic mass is 19.1. The number of ether oxygens (including phenoxy) is 1. The summed E-state index contributed by atoms with van der Waals surface area (Å²) < 4.78 is 49.9. The number of carboxylic acids is 1. The molecule has 0 fully saturated rings. The second kappa shape index (κ2) is 11.3. The smallest absolute Gasteiger partial charge is 0.335 e. The lowest BCUT2D eigenvalue weighted by Gasteiger charge is -2.10. The minimum atomic E-state index is -1.10. The first kappa shape index (κ1) is 26.4. The van der Waals surface area contributed by atoms with Gasteiger partial charge >= 0.3 is 5.97 Å². The van der Waals surface area contributed by atoms with Crippen LogP contribution in [0.2, 0.25) is 0 Å². The number of fused-ring (bicyclic) bond motifs is 1. The summed E-state index contributed by atoms with van der Waals surface area (Å²) >= 11 is 0. The third kappa shape index (κ3) is 5.49. The number of benzene rings is 3. The number of halogens is 3. The van der Waals surface area contributed by atoms with E-state index >= 15 is 4.39 Å². The largest absolute Gasteiger partial charge is 0.478 e. The van der Waals surface area contributed by atoms with Gasteiger partial charge in [-0.15, -0.1) is 0 Å². The predicted octanol–water partition coefficient (Wildman–Crippen LogP) is 6.76. The van der Waals surface area contributed by atoms with Crippen LogP contribution in [0.5, 0.6) is 5.88 Å². The summed E-state index contributed by atoms with van der Waals surface area (Å²) in [5, 5.41) is 9.30. The van der Waals surface area contributed by atoms with Gasteiger partial charge in [0.05, 0.1) is 35.4 Å². The van der Waals surface area contributed by atoms with Gasteiger partial charge in [0, 0.05) is 23.6 Å². The van der Waals surface area contributed by atoms with Gasteiger partial charge in [-0.3, -0.25) is 0 Å². The van der Waals surface area contributed by atoms with Crippen LogP contribution in [-0.2, 0) is 19.6 Å². The van der Waals surface area contributed by atoms with Crippen LogP contribution < -0.4 is 4.74 Å². The fourth-order valence-corrected chi connectivity index (χ4v) is 4.35. The van der Waals surface area contributed by atoms with Crippen LogP contribution >= 0.6 is 0 Å². The van der Waals surface area contributed by atoms with Crippen molar-refractivity contribution in [3.05, 3.63) is 118 Å². The number of carboxylic acid groups (broad SMARTS) is 1. The second-order valence-electron chi connectivity index (χ2n) is 8.91. The maximum Gasteiger partial charge on any atom is 0.335 e.